The third-order valence-electron chi connectivity index (χ3n) is 1.78. The van der Waals surface area contributed by atoms with E-state index in [9.17, 15) is 13.2 Å². The molecule has 0 amide bonds. The van der Waals surface area contributed by atoms with Gasteiger partial charge in [0, 0.05) is 6.92 Å². The second-order valence-electron chi connectivity index (χ2n) is 3.46. The average Bonchev–Trinajstić information content (AvgIpc) is 2.22. The topological polar surface area (TPSA) is 0 Å². The molecular formula is C13H22F3P. The van der Waals surface area contributed by atoms with E-state index < -0.39 is 6.18 Å². The van der Waals surface area contributed by atoms with Crippen molar-refractivity contribution in [3.05, 3.63) is 35.4 Å². The van der Waals surface area contributed by atoms with Gasteiger partial charge in [0.15, 0.2) is 0 Å². The smallest absolute Gasteiger partial charge is 0.172 e. The van der Waals surface area contributed by atoms with Crippen molar-refractivity contribution in [2.45, 2.75) is 39.8 Å². The molecule has 0 saturated heterocycles. The van der Waals surface area contributed by atoms with Crippen LogP contribution >= 0.6 is 9.24 Å². The van der Waals surface area contributed by atoms with Gasteiger partial charge in [-0.1, -0.05) is 44.3 Å². The average molecular weight is 266 g/mol. The zero-order chi connectivity index (χ0) is 13.9. The molecule has 0 radical (unpaired) electrons. The second-order valence-corrected chi connectivity index (χ2v) is 3.46. The van der Waals surface area contributed by atoms with E-state index >= 15 is 0 Å². The summed E-state index contributed by atoms with van der Waals surface area (Å²) in [6.07, 6.45) is -1.54. The predicted octanol–water partition coefficient (Wildman–Crippen LogP) is 5.01. The number of alkyl halides is 3. The van der Waals surface area contributed by atoms with E-state index in [0.29, 0.717) is 0 Å². The van der Waals surface area contributed by atoms with Crippen molar-refractivity contribution in [3.8, 4) is 0 Å². The molecule has 1 aromatic rings. The minimum absolute atomic E-state index is 0.188. The first-order chi connectivity index (χ1) is 7.84. The van der Waals surface area contributed by atoms with Gasteiger partial charge in [0.05, 0.1) is 0 Å². The van der Waals surface area contributed by atoms with Crippen LogP contribution in [0.4, 0.5) is 13.2 Å². The van der Waals surface area contributed by atoms with Gasteiger partial charge in [-0.15, -0.1) is 9.24 Å². The summed E-state index contributed by atoms with van der Waals surface area (Å²) < 4.78 is 31.1. The highest BCUT2D eigenvalue weighted by atomic mass is 31.0. The summed E-state index contributed by atoms with van der Waals surface area (Å²) in [6, 6.07) is 8.58. The standard InChI is InChI=1S/C10H14.C2H3F3.CH5P/c1-3-6-10-8-5-4-7-9(10)2;1-2(3,4)5;1-2/h4-5,7-8H,3,6H2,1-2H3;1H3;2H2,1H3. The maximum absolute atomic E-state index is 10.4. The molecule has 4 heteroatoms. The fourth-order valence-electron chi connectivity index (χ4n) is 1.16. The molecule has 1 unspecified atom stereocenters. The molecule has 0 saturated carbocycles. The van der Waals surface area contributed by atoms with E-state index in [-0.39, 0.29) is 6.92 Å². The van der Waals surface area contributed by atoms with E-state index in [2.05, 4.69) is 47.4 Å². The largest absolute Gasteiger partial charge is 0.386 e. The molecule has 0 aliphatic carbocycles. The Kier molecular flexibility index (Phi) is 11.7. The Morgan fingerprint density at radius 3 is 1.88 bits per heavy atom. The molecule has 1 rings (SSSR count). The fraction of sp³-hybridized carbons (Fsp3) is 0.538. The third-order valence-corrected chi connectivity index (χ3v) is 1.78. The van der Waals surface area contributed by atoms with Crippen molar-refractivity contribution >= 4 is 9.24 Å². The monoisotopic (exact) mass is 266 g/mol. The fourth-order valence-corrected chi connectivity index (χ4v) is 1.16. The third kappa shape index (κ3) is 15.4. The zero-order valence-corrected chi connectivity index (χ0v) is 12.1. The molecule has 0 aromatic heterocycles. The van der Waals surface area contributed by atoms with Crippen molar-refractivity contribution < 1.29 is 13.2 Å². The first-order valence-electron chi connectivity index (χ1n) is 5.53. The number of rotatable bonds is 2. The molecule has 17 heavy (non-hydrogen) atoms. The normalized spacial score (nSPS) is 9.65. The summed E-state index contributed by atoms with van der Waals surface area (Å²) in [5.74, 6) is 0. The lowest BCUT2D eigenvalue weighted by atomic mass is 10.1. The second kappa shape index (κ2) is 10.6. The summed E-state index contributed by atoms with van der Waals surface area (Å²) in [6.45, 7) is 6.49. The summed E-state index contributed by atoms with van der Waals surface area (Å²) in [5.41, 5.74) is 2.91. The summed E-state index contributed by atoms with van der Waals surface area (Å²) in [4.78, 5) is 0. The van der Waals surface area contributed by atoms with Crippen LogP contribution in [0, 0.1) is 6.92 Å². The van der Waals surface area contributed by atoms with Crippen molar-refractivity contribution in [2.75, 3.05) is 6.66 Å². The summed E-state index contributed by atoms with van der Waals surface area (Å²) >= 11 is 0. The summed E-state index contributed by atoms with van der Waals surface area (Å²) in [5, 5.41) is 0. The Labute approximate surface area is 105 Å². The van der Waals surface area contributed by atoms with Gasteiger partial charge in [-0.3, -0.25) is 0 Å². The quantitative estimate of drug-likeness (QED) is 0.660. The molecule has 0 fully saturated rings. The SMILES string of the molecule is CC(F)(F)F.CCCc1ccccc1C.CP. The van der Waals surface area contributed by atoms with Gasteiger partial charge in [0.25, 0.3) is 0 Å². The number of halogens is 3. The van der Waals surface area contributed by atoms with Gasteiger partial charge < -0.3 is 0 Å². The predicted molar refractivity (Wildman–Crippen MR) is 72.5 cm³/mol. The van der Waals surface area contributed by atoms with Gasteiger partial charge in [0.2, 0.25) is 0 Å². The first kappa shape index (κ1) is 18.8. The zero-order valence-electron chi connectivity index (χ0n) is 10.9. The van der Waals surface area contributed by atoms with Gasteiger partial charge in [0.1, 0.15) is 0 Å². The Balaban J connectivity index is 0. The maximum Gasteiger partial charge on any atom is 0.386 e. The molecule has 1 atom stereocenters. The minimum Gasteiger partial charge on any atom is -0.172 e. The van der Waals surface area contributed by atoms with Crippen LogP contribution < -0.4 is 0 Å². The molecule has 0 aliphatic rings. The Hall–Kier alpha value is -0.560. The van der Waals surface area contributed by atoms with Crippen LogP contribution in [0.15, 0.2) is 24.3 Å². The number of hydrogen-bond acceptors (Lipinski definition) is 0. The van der Waals surface area contributed by atoms with Gasteiger partial charge >= 0.3 is 6.18 Å². The van der Waals surface area contributed by atoms with E-state index in [1.165, 1.54) is 24.0 Å². The molecule has 0 bridgehead atoms. The van der Waals surface area contributed by atoms with Crippen molar-refractivity contribution in [3.63, 3.8) is 0 Å². The molecule has 0 aliphatic heterocycles. The van der Waals surface area contributed by atoms with Crippen LogP contribution in [0.5, 0.6) is 0 Å². The lowest BCUT2D eigenvalue weighted by Crippen LogP contribution is -1.95. The molecule has 1 aromatic carbocycles. The number of hydrogen-bond donors (Lipinski definition) is 0. The van der Waals surface area contributed by atoms with Crippen LogP contribution in [-0.4, -0.2) is 12.8 Å². The van der Waals surface area contributed by atoms with Gasteiger partial charge in [-0.25, -0.2) is 0 Å². The van der Waals surface area contributed by atoms with E-state index in [4.69, 9.17) is 0 Å². The minimum atomic E-state index is -4.00. The van der Waals surface area contributed by atoms with Crippen molar-refractivity contribution in [2.24, 2.45) is 0 Å². The molecule has 100 valence electrons. The first-order valence-corrected chi connectivity index (χ1v) is 6.69. The molecule has 0 heterocycles. The van der Waals surface area contributed by atoms with Crippen molar-refractivity contribution in [1.82, 2.24) is 0 Å². The Morgan fingerprint density at radius 2 is 1.53 bits per heavy atom. The van der Waals surface area contributed by atoms with E-state index in [1.54, 1.807) is 0 Å². The molecule has 0 N–H and O–H groups in total. The highest BCUT2D eigenvalue weighted by molar-refractivity contribution is 7.15. The van der Waals surface area contributed by atoms with Crippen LogP contribution in [0.3, 0.4) is 0 Å². The van der Waals surface area contributed by atoms with Gasteiger partial charge in [-0.05, 0) is 24.5 Å². The van der Waals surface area contributed by atoms with Gasteiger partial charge in [-0.2, -0.15) is 13.2 Å². The van der Waals surface area contributed by atoms with E-state index in [1.807, 2.05) is 6.66 Å². The van der Waals surface area contributed by atoms with Crippen LogP contribution in [0.2, 0.25) is 0 Å². The maximum atomic E-state index is 10.4. The van der Waals surface area contributed by atoms with Crippen LogP contribution in [0.25, 0.3) is 0 Å². The van der Waals surface area contributed by atoms with E-state index in [0.717, 1.165) is 0 Å². The number of benzene rings is 1. The van der Waals surface area contributed by atoms with Crippen LogP contribution in [0.1, 0.15) is 31.4 Å². The highest BCUT2D eigenvalue weighted by Crippen LogP contribution is 2.10. The molecule has 0 nitrogen and oxygen atoms in total. The number of aryl methyl sites for hydroxylation is 2. The Bertz CT molecular complexity index is 276. The lowest BCUT2D eigenvalue weighted by Gasteiger charge is -2.01. The lowest BCUT2D eigenvalue weighted by molar-refractivity contribution is -0.110. The Morgan fingerprint density at radius 1 is 1.12 bits per heavy atom. The summed E-state index contributed by atoms with van der Waals surface area (Å²) in [7, 11) is 2.42. The molecule has 0 spiro atoms. The van der Waals surface area contributed by atoms with Crippen LogP contribution in [-0.2, 0) is 6.42 Å². The molecular weight excluding hydrogens is 244 g/mol. The highest BCUT2D eigenvalue weighted by Gasteiger charge is 2.15. The van der Waals surface area contributed by atoms with Crippen molar-refractivity contribution in [1.29, 1.82) is 0 Å².